The van der Waals surface area contributed by atoms with Crippen LogP contribution >= 0.6 is 11.6 Å². The van der Waals surface area contributed by atoms with Gasteiger partial charge in [0, 0.05) is 29.7 Å². The Bertz CT molecular complexity index is 2920. The van der Waals surface area contributed by atoms with E-state index in [1.807, 2.05) is 6.07 Å². The number of imide groups is 2. The maximum atomic E-state index is 13.5. The number of hydrogen-bond donors (Lipinski definition) is 2. The molecule has 2 aliphatic rings. The number of nitrogens with zero attached hydrogens (tertiary/aromatic N) is 2. The highest BCUT2D eigenvalue weighted by atomic mass is 35.5. The van der Waals surface area contributed by atoms with E-state index in [1.165, 1.54) is 37.4 Å². The van der Waals surface area contributed by atoms with Gasteiger partial charge in [0.05, 0.1) is 84.3 Å². The minimum atomic E-state index is -3.89. The summed E-state index contributed by atoms with van der Waals surface area (Å²) >= 11 is 6.64. The Hall–Kier alpha value is -6.66. The second kappa shape index (κ2) is 21.1. The Morgan fingerprint density at radius 2 is 1.52 bits per heavy atom. The van der Waals surface area contributed by atoms with Crippen molar-refractivity contribution >= 4 is 56.2 Å². The van der Waals surface area contributed by atoms with Gasteiger partial charge in [-0.05, 0) is 80.6 Å². The van der Waals surface area contributed by atoms with Crippen LogP contribution in [0.2, 0.25) is 5.02 Å². The van der Waals surface area contributed by atoms with Crippen LogP contribution in [0.3, 0.4) is 0 Å². The summed E-state index contributed by atoms with van der Waals surface area (Å²) in [5.74, 6) is -1.25. The first-order valence-corrected chi connectivity index (χ1v) is 22.6. The smallest absolute Gasteiger partial charge is 0.266 e. The molecule has 1 saturated heterocycles. The summed E-state index contributed by atoms with van der Waals surface area (Å²) in [5.41, 5.74) is 1.31. The zero-order valence-corrected chi connectivity index (χ0v) is 37.3. The summed E-state index contributed by atoms with van der Waals surface area (Å²) in [6, 6.07) is 19.0. The largest absolute Gasteiger partial charge is 0.493 e. The second-order valence-electron chi connectivity index (χ2n) is 14.6. The fourth-order valence-electron chi connectivity index (χ4n) is 7.27. The van der Waals surface area contributed by atoms with Crippen molar-refractivity contribution in [2.75, 3.05) is 66.5 Å². The number of rotatable bonds is 21. The number of amides is 4. The van der Waals surface area contributed by atoms with Gasteiger partial charge in [0.15, 0.2) is 5.43 Å². The Kier molecular flexibility index (Phi) is 15.1. The molecule has 344 valence electrons. The molecule has 7 rings (SSSR count). The first-order valence-electron chi connectivity index (χ1n) is 20.7. The number of nitriles is 1. The summed E-state index contributed by atoms with van der Waals surface area (Å²) in [6.07, 6.45) is 0.0815. The highest BCUT2D eigenvalue weighted by molar-refractivity contribution is 7.89. The first-order chi connectivity index (χ1) is 31.8. The fraction of sp³-hybridized carbons (Fsp3) is 0.304. The molecule has 2 N–H and O–H groups in total. The minimum absolute atomic E-state index is 0.0251. The van der Waals surface area contributed by atoms with E-state index < -0.39 is 39.7 Å². The average Bonchev–Trinajstić information content (AvgIpc) is 3.56. The van der Waals surface area contributed by atoms with Crippen molar-refractivity contribution < 1.29 is 60.4 Å². The van der Waals surface area contributed by atoms with Gasteiger partial charge in [-0.2, -0.15) is 5.26 Å². The lowest BCUT2D eigenvalue weighted by Gasteiger charge is -2.27. The molecule has 1 atom stereocenters. The van der Waals surface area contributed by atoms with Crippen LogP contribution in [0.25, 0.3) is 33.4 Å². The number of piperidine rings is 1. The molecule has 0 aliphatic carbocycles. The van der Waals surface area contributed by atoms with E-state index in [9.17, 15) is 37.7 Å². The van der Waals surface area contributed by atoms with Crippen molar-refractivity contribution in [1.29, 1.82) is 5.26 Å². The number of ether oxygens (including phenoxy) is 6. The van der Waals surface area contributed by atoms with Gasteiger partial charge in [-0.25, -0.2) is 13.1 Å². The van der Waals surface area contributed by atoms with Gasteiger partial charge in [-0.1, -0.05) is 17.7 Å². The quantitative estimate of drug-likeness (QED) is 0.0737. The molecular formula is C46H43ClN4O14S. The highest BCUT2D eigenvalue weighted by Gasteiger charge is 2.46. The van der Waals surface area contributed by atoms with Crippen LogP contribution in [-0.2, 0) is 33.8 Å². The number of carbonyl (C=O) groups is 4. The third-order valence-corrected chi connectivity index (χ3v) is 12.1. The predicted molar refractivity (Wildman–Crippen MR) is 237 cm³/mol. The Balaban J connectivity index is 0.833. The molecule has 4 amide bonds. The molecule has 5 aromatic rings. The maximum Gasteiger partial charge on any atom is 0.266 e. The van der Waals surface area contributed by atoms with Crippen LogP contribution in [0, 0.1) is 11.3 Å². The van der Waals surface area contributed by atoms with E-state index in [4.69, 9.17) is 44.4 Å². The Morgan fingerprint density at radius 1 is 0.803 bits per heavy atom. The van der Waals surface area contributed by atoms with Crippen LogP contribution in [0.15, 0.2) is 86.9 Å². The molecule has 2 aliphatic heterocycles. The standard InChI is InChI=1S/C46H43ClN4O14S/c1-3-62-39-25-41-34(23-33(39)28-19-27(26-48)20-30(21-28)66(57,58)49-2)37(52)24-40(65-41)31-8-7-29(22-35(31)47)63-17-15-60-13-11-59-12-14-61-16-18-64-38-6-4-5-32-43(38)46(56)51(45(32)55)36-9-10-42(53)50-44(36)54/h4-8,19-25,36,49H,3,9-18H2,1-2H3,(H,50,53,54). The lowest BCUT2D eigenvalue weighted by Crippen LogP contribution is -2.54. The summed E-state index contributed by atoms with van der Waals surface area (Å²) in [4.78, 5) is 64.4. The number of fused-ring (bicyclic) bond motifs is 2. The van der Waals surface area contributed by atoms with E-state index >= 15 is 0 Å². The van der Waals surface area contributed by atoms with Crippen LogP contribution in [-0.4, -0.2) is 109 Å². The normalized spacial score (nSPS) is 14.9. The van der Waals surface area contributed by atoms with Gasteiger partial charge in [0.25, 0.3) is 11.8 Å². The van der Waals surface area contributed by atoms with Gasteiger partial charge in [-0.3, -0.25) is 34.2 Å². The van der Waals surface area contributed by atoms with Crippen molar-refractivity contribution in [3.63, 3.8) is 0 Å². The summed E-state index contributed by atoms with van der Waals surface area (Å²) in [5, 5.41) is 12.3. The first kappa shape index (κ1) is 47.3. The summed E-state index contributed by atoms with van der Waals surface area (Å²) in [6.45, 7) is 3.91. The van der Waals surface area contributed by atoms with Crippen LogP contribution in [0.5, 0.6) is 17.2 Å². The van der Waals surface area contributed by atoms with Crippen LogP contribution in [0.4, 0.5) is 0 Å². The molecule has 0 spiro atoms. The van der Waals surface area contributed by atoms with Crippen molar-refractivity contribution in [1.82, 2.24) is 14.9 Å². The predicted octanol–water partition coefficient (Wildman–Crippen LogP) is 4.87. The Labute approximate surface area is 383 Å². The zero-order chi connectivity index (χ0) is 47.0. The lowest BCUT2D eigenvalue weighted by atomic mass is 10.00. The summed E-state index contributed by atoms with van der Waals surface area (Å²) < 4.78 is 67.8. The lowest BCUT2D eigenvalue weighted by molar-refractivity contribution is -0.136. The maximum absolute atomic E-state index is 13.5. The fourth-order valence-corrected chi connectivity index (χ4v) is 8.33. The molecule has 0 saturated carbocycles. The average molecular weight is 943 g/mol. The van der Waals surface area contributed by atoms with Gasteiger partial charge < -0.3 is 32.8 Å². The van der Waals surface area contributed by atoms with Gasteiger partial charge in [0.1, 0.15) is 47.8 Å². The minimum Gasteiger partial charge on any atom is -0.493 e. The molecule has 1 fully saturated rings. The number of benzene rings is 4. The van der Waals surface area contributed by atoms with Crippen LogP contribution in [0.1, 0.15) is 46.0 Å². The number of nitrogens with one attached hydrogen (secondary N) is 2. The van der Waals surface area contributed by atoms with E-state index in [2.05, 4.69) is 10.0 Å². The molecule has 1 unspecified atom stereocenters. The number of sulfonamides is 1. The molecule has 66 heavy (non-hydrogen) atoms. The van der Waals surface area contributed by atoms with Gasteiger partial charge in [0.2, 0.25) is 21.8 Å². The van der Waals surface area contributed by atoms with Gasteiger partial charge in [-0.15, -0.1) is 0 Å². The topological polar surface area (TPSA) is 239 Å². The number of carbonyl (C=O) groups excluding carboxylic acids is 4. The number of halogens is 1. The highest BCUT2D eigenvalue weighted by Crippen LogP contribution is 2.38. The van der Waals surface area contributed by atoms with E-state index in [-0.39, 0.29) is 114 Å². The van der Waals surface area contributed by atoms with Crippen molar-refractivity contribution in [3.05, 3.63) is 105 Å². The van der Waals surface area contributed by atoms with E-state index in [1.54, 1.807) is 49.4 Å². The van der Waals surface area contributed by atoms with E-state index in [0.717, 1.165) is 4.90 Å². The number of hydrogen-bond acceptors (Lipinski definition) is 15. The zero-order valence-electron chi connectivity index (χ0n) is 35.7. The molecule has 4 aromatic carbocycles. The molecular weight excluding hydrogens is 900 g/mol. The van der Waals surface area contributed by atoms with Crippen molar-refractivity contribution in [2.24, 2.45) is 0 Å². The molecule has 0 bridgehead atoms. The van der Waals surface area contributed by atoms with E-state index in [0.29, 0.717) is 41.4 Å². The van der Waals surface area contributed by atoms with Gasteiger partial charge >= 0.3 is 0 Å². The van der Waals surface area contributed by atoms with Crippen molar-refractivity contribution in [3.8, 4) is 45.8 Å². The Morgan fingerprint density at radius 3 is 2.18 bits per heavy atom. The SMILES string of the molecule is CCOc1cc2oc(-c3ccc(OCCOCCOCCOCCOc4cccc5c4C(=O)N(C4CCC(=O)NC4=O)C5=O)cc3Cl)cc(=O)c2cc1-c1cc(C#N)cc(S(=O)(=O)NC)c1. The monoisotopic (exact) mass is 942 g/mol. The second-order valence-corrected chi connectivity index (χ2v) is 16.9. The summed E-state index contributed by atoms with van der Waals surface area (Å²) in [7, 11) is -2.62. The molecule has 0 radical (unpaired) electrons. The molecule has 20 heteroatoms. The third kappa shape index (κ3) is 10.6. The molecule has 3 heterocycles. The van der Waals surface area contributed by atoms with Crippen molar-refractivity contribution in [2.45, 2.75) is 30.7 Å². The molecule has 18 nitrogen and oxygen atoms in total. The molecule has 1 aromatic heterocycles. The third-order valence-electron chi connectivity index (χ3n) is 10.4. The van der Waals surface area contributed by atoms with Crippen LogP contribution < -0.4 is 29.7 Å².